The molecule has 30 heavy (non-hydrogen) atoms. The summed E-state index contributed by atoms with van der Waals surface area (Å²) in [6.07, 6.45) is 3.29. The van der Waals surface area contributed by atoms with E-state index in [1.54, 1.807) is 12.3 Å². The van der Waals surface area contributed by atoms with Gasteiger partial charge >= 0.3 is 0 Å². The number of amides is 2. The maximum atomic E-state index is 12.3. The van der Waals surface area contributed by atoms with Crippen LogP contribution in [0.1, 0.15) is 12.8 Å². The number of nitrogens with zero attached hydrogens (tertiary/aromatic N) is 6. The topological polar surface area (TPSA) is 132 Å². The van der Waals surface area contributed by atoms with Gasteiger partial charge in [0.15, 0.2) is 0 Å². The molecule has 2 aromatic heterocycles. The second-order valence-corrected chi connectivity index (χ2v) is 7.15. The summed E-state index contributed by atoms with van der Waals surface area (Å²) < 4.78 is 0. The third-order valence-corrected chi connectivity index (χ3v) is 4.95. The van der Waals surface area contributed by atoms with Crippen LogP contribution in [0.4, 0.5) is 11.5 Å². The first-order chi connectivity index (χ1) is 14.6. The van der Waals surface area contributed by atoms with E-state index in [0.717, 1.165) is 30.8 Å². The first kappa shape index (κ1) is 19.5. The normalized spacial score (nSPS) is 16.3. The lowest BCUT2D eigenvalue weighted by Gasteiger charge is -2.32. The molecule has 1 aliphatic heterocycles. The number of hydrogen-bond acceptors (Lipinski definition) is 7. The predicted octanol–water partition coefficient (Wildman–Crippen LogP) is 1.08. The molecule has 0 spiro atoms. The summed E-state index contributed by atoms with van der Waals surface area (Å²) in [6.45, 7) is 1.33. The fourth-order valence-electron chi connectivity index (χ4n) is 3.41. The van der Waals surface area contributed by atoms with E-state index in [-0.39, 0.29) is 24.3 Å². The molecule has 1 fully saturated rings. The van der Waals surface area contributed by atoms with E-state index in [0.29, 0.717) is 18.1 Å². The second-order valence-electron chi connectivity index (χ2n) is 7.15. The summed E-state index contributed by atoms with van der Waals surface area (Å²) in [5.74, 6) is 0.500. The van der Waals surface area contributed by atoms with Crippen LogP contribution < -0.4 is 16.0 Å². The first-order valence-corrected chi connectivity index (χ1v) is 9.72. The molecule has 1 aromatic carbocycles. The van der Waals surface area contributed by atoms with Gasteiger partial charge in [-0.2, -0.15) is 4.80 Å². The maximum absolute atomic E-state index is 12.3. The predicted molar refractivity (Wildman–Crippen MR) is 110 cm³/mol. The van der Waals surface area contributed by atoms with E-state index in [1.807, 2.05) is 41.3 Å². The number of pyridine rings is 1. The number of carbonyl (C=O) groups excluding carboxylic acids is 2. The largest absolute Gasteiger partial charge is 0.369 e. The van der Waals surface area contributed by atoms with E-state index in [2.05, 4.69) is 25.7 Å². The van der Waals surface area contributed by atoms with Gasteiger partial charge in [0, 0.05) is 18.7 Å². The molecule has 0 aliphatic carbocycles. The zero-order chi connectivity index (χ0) is 20.9. The van der Waals surface area contributed by atoms with Crippen molar-refractivity contribution in [3.05, 3.63) is 48.7 Å². The van der Waals surface area contributed by atoms with Gasteiger partial charge < -0.3 is 16.0 Å². The SMILES string of the molecule is NC(=O)C1CCCN(c2ccc(NC(=O)Cn3nnc(-c4ccccc4)n3)cn2)C1. The molecule has 1 atom stereocenters. The molecule has 10 heteroatoms. The lowest BCUT2D eigenvalue weighted by atomic mass is 9.97. The van der Waals surface area contributed by atoms with Crippen molar-refractivity contribution in [1.29, 1.82) is 0 Å². The molecule has 0 bridgehead atoms. The molecule has 0 saturated carbocycles. The molecule has 1 saturated heterocycles. The van der Waals surface area contributed by atoms with Gasteiger partial charge in [-0.05, 0) is 30.2 Å². The van der Waals surface area contributed by atoms with Crippen molar-refractivity contribution in [1.82, 2.24) is 25.2 Å². The molecule has 10 nitrogen and oxygen atoms in total. The van der Waals surface area contributed by atoms with Crippen LogP contribution in [0.5, 0.6) is 0 Å². The van der Waals surface area contributed by atoms with Crippen LogP contribution in [-0.4, -0.2) is 50.1 Å². The van der Waals surface area contributed by atoms with Gasteiger partial charge in [-0.15, -0.1) is 10.2 Å². The van der Waals surface area contributed by atoms with Gasteiger partial charge in [0.05, 0.1) is 17.8 Å². The van der Waals surface area contributed by atoms with Crippen molar-refractivity contribution in [3.63, 3.8) is 0 Å². The summed E-state index contributed by atoms with van der Waals surface area (Å²) >= 11 is 0. The maximum Gasteiger partial charge on any atom is 0.248 e. The number of carbonyl (C=O) groups is 2. The average molecular weight is 406 g/mol. The average Bonchev–Trinajstić information content (AvgIpc) is 3.23. The summed E-state index contributed by atoms with van der Waals surface area (Å²) in [5, 5.41) is 14.9. The van der Waals surface area contributed by atoms with E-state index in [1.165, 1.54) is 4.80 Å². The Balaban J connectivity index is 1.34. The first-order valence-electron chi connectivity index (χ1n) is 9.72. The number of benzene rings is 1. The van der Waals surface area contributed by atoms with E-state index >= 15 is 0 Å². The van der Waals surface area contributed by atoms with Crippen LogP contribution >= 0.6 is 0 Å². The number of tetrazole rings is 1. The van der Waals surface area contributed by atoms with Crippen molar-refractivity contribution < 1.29 is 9.59 Å². The minimum atomic E-state index is -0.284. The Morgan fingerprint density at radius 3 is 2.73 bits per heavy atom. The Hall–Kier alpha value is -3.82. The Kier molecular flexibility index (Phi) is 5.64. The van der Waals surface area contributed by atoms with Gasteiger partial charge in [0.25, 0.3) is 0 Å². The smallest absolute Gasteiger partial charge is 0.248 e. The van der Waals surface area contributed by atoms with Crippen molar-refractivity contribution in [3.8, 4) is 11.4 Å². The fraction of sp³-hybridized carbons (Fsp3) is 0.300. The lowest BCUT2D eigenvalue weighted by molar-refractivity contribution is -0.122. The van der Waals surface area contributed by atoms with E-state index < -0.39 is 0 Å². The Bertz CT molecular complexity index is 1020. The van der Waals surface area contributed by atoms with Gasteiger partial charge in [0.1, 0.15) is 12.4 Å². The molecule has 154 valence electrons. The number of hydrogen-bond donors (Lipinski definition) is 2. The molecular formula is C20H22N8O2. The monoisotopic (exact) mass is 406 g/mol. The van der Waals surface area contributed by atoms with Crippen LogP contribution in [-0.2, 0) is 16.1 Å². The molecule has 0 radical (unpaired) electrons. The fourth-order valence-corrected chi connectivity index (χ4v) is 3.41. The molecule has 3 N–H and O–H groups in total. The summed E-state index contributed by atoms with van der Waals surface area (Å²) in [5.41, 5.74) is 6.83. The highest BCUT2D eigenvalue weighted by Crippen LogP contribution is 2.22. The number of aromatic nitrogens is 5. The van der Waals surface area contributed by atoms with Gasteiger partial charge in [-0.1, -0.05) is 30.3 Å². The van der Waals surface area contributed by atoms with Crippen LogP contribution in [0.3, 0.4) is 0 Å². The summed E-state index contributed by atoms with van der Waals surface area (Å²) in [4.78, 5) is 31.4. The Morgan fingerprint density at radius 2 is 2.00 bits per heavy atom. The number of rotatable bonds is 6. The molecule has 3 heterocycles. The molecule has 4 rings (SSSR count). The second kappa shape index (κ2) is 8.68. The molecule has 1 unspecified atom stereocenters. The highest BCUT2D eigenvalue weighted by atomic mass is 16.2. The van der Waals surface area contributed by atoms with Gasteiger partial charge in [0.2, 0.25) is 17.6 Å². The van der Waals surface area contributed by atoms with E-state index in [9.17, 15) is 9.59 Å². The molecule has 3 aromatic rings. The number of primary amides is 1. The van der Waals surface area contributed by atoms with Gasteiger partial charge in [-0.25, -0.2) is 4.98 Å². The van der Waals surface area contributed by atoms with Crippen LogP contribution in [0.25, 0.3) is 11.4 Å². The number of nitrogens with one attached hydrogen (secondary N) is 1. The highest BCUT2D eigenvalue weighted by Gasteiger charge is 2.24. The molecular weight excluding hydrogens is 384 g/mol. The zero-order valence-corrected chi connectivity index (χ0v) is 16.3. The minimum Gasteiger partial charge on any atom is -0.369 e. The van der Waals surface area contributed by atoms with Crippen molar-refractivity contribution in [2.24, 2.45) is 11.7 Å². The quantitative estimate of drug-likeness (QED) is 0.626. The number of nitrogens with two attached hydrogens (primary N) is 1. The van der Waals surface area contributed by atoms with Crippen LogP contribution in [0.15, 0.2) is 48.7 Å². The van der Waals surface area contributed by atoms with E-state index in [4.69, 9.17) is 5.73 Å². The number of anilines is 2. The number of piperidine rings is 1. The minimum absolute atomic E-state index is 0.0615. The Morgan fingerprint density at radius 1 is 1.17 bits per heavy atom. The van der Waals surface area contributed by atoms with Gasteiger partial charge in [-0.3, -0.25) is 9.59 Å². The van der Waals surface area contributed by atoms with Crippen molar-refractivity contribution in [2.45, 2.75) is 19.4 Å². The zero-order valence-electron chi connectivity index (χ0n) is 16.3. The standard InChI is InChI=1S/C20H22N8O2/c21-19(30)15-7-4-10-27(12-15)17-9-8-16(11-22-17)23-18(29)13-28-25-20(24-26-28)14-5-2-1-3-6-14/h1-3,5-6,8-9,11,15H,4,7,10,12-13H2,(H2,21,30)(H,23,29). The molecule has 1 aliphatic rings. The summed E-state index contributed by atoms with van der Waals surface area (Å²) in [7, 11) is 0. The highest BCUT2D eigenvalue weighted by molar-refractivity contribution is 5.90. The third-order valence-electron chi connectivity index (χ3n) is 4.95. The van der Waals surface area contributed by atoms with Crippen molar-refractivity contribution >= 4 is 23.3 Å². The Labute approximate surface area is 173 Å². The molecule has 2 amide bonds. The third kappa shape index (κ3) is 4.59. The van der Waals surface area contributed by atoms with Crippen molar-refractivity contribution in [2.75, 3.05) is 23.3 Å². The van der Waals surface area contributed by atoms with Crippen LogP contribution in [0.2, 0.25) is 0 Å². The summed E-state index contributed by atoms with van der Waals surface area (Å²) in [6, 6.07) is 13.0. The lowest BCUT2D eigenvalue weighted by Crippen LogP contribution is -2.41. The van der Waals surface area contributed by atoms with Crippen LogP contribution in [0, 0.1) is 5.92 Å².